The third-order valence-electron chi connectivity index (χ3n) is 4.18. The number of benzene rings is 2. The first kappa shape index (κ1) is 20.2. The summed E-state index contributed by atoms with van der Waals surface area (Å²) in [5, 5.41) is 13.6. The van der Waals surface area contributed by atoms with Gasteiger partial charge in [-0.15, -0.1) is 0 Å². The van der Waals surface area contributed by atoms with Crippen LogP contribution in [0.1, 0.15) is 18.1 Å². The number of quaternary nitrogens is 2. The van der Waals surface area contributed by atoms with Gasteiger partial charge in [-0.3, -0.25) is 0 Å². The molecule has 0 fully saturated rings. The second-order valence-electron chi connectivity index (χ2n) is 6.51. The van der Waals surface area contributed by atoms with E-state index in [2.05, 4.69) is 28.8 Å². The number of aliphatic hydroxyl groups excluding tert-OH is 1. The minimum atomic E-state index is -0.242. The van der Waals surface area contributed by atoms with Crippen LogP contribution in [-0.2, 0) is 13.0 Å². The summed E-state index contributed by atoms with van der Waals surface area (Å²) < 4.78 is 11.4. The summed E-state index contributed by atoms with van der Waals surface area (Å²) in [6, 6.07) is 16.5. The maximum atomic E-state index is 9.23. The van der Waals surface area contributed by atoms with E-state index in [1.165, 1.54) is 11.1 Å². The molecule has 0 aliphatic heterocycles. The van der Waals surface area contributed by atoms with Crippen molar-refractivity contribution in [1.29, 1.82) is 0 Å². The van der Waals surface area contributed by atoms with Crippen LogP contribution in [0, 0.1) is 0 Å². The Morgan fingerprint density at radius 3 is 2.46 bits per heavy atom. The molecule has 0 aromatic heterocycles. The van der Waals surface area contributed by atoms with Crippen molar-refractivity contribution >= 4 is 0 Å². The second kappa shape index (κ2) is 11.5. The Hall–Kier alpha value is -2.08. The number of nitrogens with two attached hydrogens (primary N) is 2. The van der Waals surface area contributed by atoms with Crippen LogP contribution in [-0.4, -0.2) is 44.6 Å². The molecule has 0 saturated carbocycles. The van der Waals surface area contributed by atoms with E-state index >= 15 is 0 Å². The number of rotatable bonds is 12. The summed E-state index contributed by atoms with van der Waals surface area (Å²) >= 11 is 0. The van der Waals surface area contributed by atoms with E-state index in [4.69, 9.17) is 9.47 Å². The molecule has 142 valence electrons. The van der Waals surface area contributed by atoms with Gasteiger partial charge in [0.1, 0.15) is 26.2 Å². The molecule has 0 saturated heterocycles. The normalized spacial score (nSPS) is 12.0. The van der Waals surface area contributed by atoms with Gasteiger partial charge >= 0.3 is 0 Å². The lowest BCUT2D eigenvalue weighted by Gasteiger charge is -2.12. The molecular weight excluding hydrogens is 328 g/mol. The fourth-order valence-corrected chi connectivity index (χ4v) is 2.75. The lowest BCUT2D eigenvalue weighted by Crippen LogP contribution is -2.95. The third kappa shape index (κ3) is 7.44. The molecule has 0 radical (unpaired) electrons. The number of ether oxygens (including phenoxy) is 2. The maximum Gasteiger partial charge on any atom is 0.161 e. The molecule has 5 heteroatoms. The SMILES string of the molecule is COc1cc(C[NH2+]CC[NH2+]C[C@H](C)O)ccc1OCCc1ccccc1. The molecule has 0 aliphatic carbocycles. The minimum absolute atomic E-state index is 0.242. The van der Waals surface area contributed by atoms with Gasteiger partial charge in [0.2, 0.25) is 0 Å². The topological polar surface area (TPSA) is 71.9 Å². The molecule has 0 spiro atoms. The molecule has 26 heavy (non-hydrogen) atoms. The molecule has 5 nitrogen and oxygen atoms in total. The van der Waals surface area contributed by atoms with Gasteiger partial charge < -0.3 is 25.2 Å². The van der Waals surface area contributed by atoms with E-state index in [9.17, 15) is 5.11 Å². The first-order valence-electron chi connectivity index (χ1n) is 9.34. The zero-order valence-electron chi connectivity index (χ0n) is 15.9. The lowest BCUT2D eigenvalue weighted by atomic mass is 10.1. The highest BCUT2D eigenvalue weighted by atomic mass is 16.5. The first-order valence-corrected chi connectivity index (χ1v) is 9.34. The minimum Gasteiger partial charge on any atom is -0.493 e. The van der Waals surface area contributed by atoms with E-state index in [1.54, 1.807) is 7.11 Å². The van der Waals surface area contributed by atoms with Crippen LogP contribution in [0.15, 0.2) is 48.5 Å². The van der Waals surface area contributed by atoms with Gasteiger partial charge in [0.15, 0.2) is 11.5 Å². The zero-order chi connectivity index (χ0) is 18.6. The van der Waals surface area contributed by atoms with Crippen molar-refractivity contribution in [1.82, 2.24) is 0 Å². The molecule has 2 aromatic carbocycles. The van der Waals surface area contributed by atoms with Gasteiger partial charge in [-0.05, 0) is 30.7 Å². The monoisotopic (exact) mass is 360 g/mol. The Balaban J connectivity index is 1.75. The molecule has 2 rings (SSSR count). The van der Waals surface area contributed by atoms with Crippen molar-refractivity contribution in [2.75, 3.05) is 33.4 Å². The quantitative estimate of drug-likeness (QED) is 0.478. The highest BCUT2D eigenvalue weighted by molar-refractivity contribution is 5.42. The molecule has 0 bridgehead atoms. The van der Waals surface area contributed by atoms with E-state index < -0.39 is 0 Å². The van der Waals surface area contributed by atoms with Crippen molar-refractivity contribution in [3.05, 3.63) is 59.7 Å². The molecule has 0 aliphatic rings. The average Bonchev–Trinajstić information content (AvgIpc) is 2.66. The van der Waals surface area contributed by atoms with E-state index in [0.717, 1.165) is 44.1 Å². The van der Waals surface area contributed by atoms with Gasteiger partial charge in [0.25, 0.3) is 0 Å². The van der Waals surface area contributed by atoms with Gasteiger partial charge in [-0.1, -0.05) is 30.3 Å². The Labute approximate surface area is 156 Å². The summed E-state index contributed by atoms with van der Waals surface area (Å²) in [6.45, 7) is 6.13. The molecule has 5 N–H and O–H groups in total. The first-order chi connectivity index (χ1) is 12.7. The van der Waals surface area contributed by atoms with Crippen LogP contribution >= 0.6 is 0 Å². The molecule has 0 heterocycles. The van der Waals surface area contributed by atoms with Crippen molar-refractivity contribution in [2.24, 2.45) is 0 Å². The van der Waals surface area contributed by atoms with Gasteiger partial charge in [0.05, 0.1) is 19.8 Å². The zero-order valence-corrected chi connectivity index (χ0v) is 15.9. The summed E-state index contributed by atoms with van der Waals surface area (Å²) in [5.74, 6) is 1.57. The smallest absolute Gasteiger partial charge is 0.161 e. The average molecular weight is 360 g/mol. The highest BCUT2D eigenvalue weighted by Crippen LogP contribution is 2.27. The van der Waals surface area contributed by atoms with Crippen molar-refractivity contribution in [2.45, 2.75) is 26.0 Å². The number of hydrogen-bond donors (Lipinski definition) is 3. The molecule has 0 amide bonds. The van der Waals surface area contributed by atoms with Gasteiger partial charge in [0, 0.05) is 12.0 Å². The van der Waals surface area contributed by atoms with Gasteiger partial charge in [-0.25, -0.2) is 0 Å². The second-order valence-corrected chi connectivity index (χ2v) is 6.51. The Morgan fingerprint density at radius 1 is 0.962 bits per heavy atom. The lowest BCUT2D eigenvalue weighted by molar-refractivity contribution is -0.733. The van der Waals surface area contributed by atoms with Crippen molar-refractivity contribution in [3.8, 4) is 11.5 Å². The Bertz CT molecular complexity index is 632. The molecule has 0 unspecified atom stereocenters. The molecule has 2 aromatic rings. The van der Waals surface area contributed by atoms with Crippen LogP contribution in [0.25, 0.3) is 0 Å². The molecular formula is C21H32N2O3+2. The van der Waals surface area contributed by atoms with Crippen molar-refractivity contribution < 1.29 is 25.2 Å². The summed E-state index contributed by atoms with van der Waals surface area (Å²) in [6.07, 6.45) is 0.636. The third-order valence-corrected chi connectivity index (χ3v) is 4.18. The van der Waals surface area contributed by atoms with Crippen LogP contribution in [0.5, 0.6) is 11.5 Å². The highest BCUT2D eigenvalue weighted by Gasteiger charge is 2.07. The number of methoxy groups -OCH3 is 1. The summed E-state index contributed by atoms with van der Waals surface area (Å²) in [4.78, 5) is 0. The van der Waals surface area contributed by atoms with E-state index in [0.29, 0.717) is 6.61 Å². The van der Waals surface area contributed by atoms with Crippen LogP contribution in [0.3, 0.4) is 0 Å². The van der Waals surface area contributed by atoms with Crippen molar-refractivity contribution in [3.63, 3.8) is 0 Å². The Morgan fingerprint density at radius 2 is 1.73 bits per heavy atom. The van der Waals surface area contributed by atoms with Crippen LogP contribution in [0.2, 0.25) is 0 Å². The largest absolute Gasteiger partial charge is 0.493 e. The van der Waals surface area contributed by atoms with E-state index in [1.807, 2.05) is 37.3 Å². The predicted molar refractivity (Wildman–Crippen MR) is 102 cm³/mol. The standard InChI is InChI=1S/C21H30N2O3/c1-17(24)15-22-11-12-23-16-19-8-9-20(21(14-19)25-2)26-13-10-18-6-4-3-5-7-18/h3-9,14,17,22-24H,10-13,15-16H2,1-2H3/p+2/t17-/m0/s1. The maximum absolute atomic E-state index is 9.23. The van der Waals surface area contributed by atoms with E-state index in [-0.39, 0.29) is 6.10 Å². The van der Waals surface area contributed by atoms with Gasteiger partial charge in [-0.2, -0.15) is 0 Å². The van der Waals surface area contributed by atoms with Crippen LogP contribution in [0.4, 0.5) is 0 Å². The van der Waals surface area contributed by atoms with Crippen LogP contribution < -0.4 is 20.1 Å². The molecule has 1 atom stereocenters. The Kier molecular flexibility index (Phi) is 8.96. The summed E-state index contributed by atoms with van der Waals surface area (Å²) in [7, 11) is 1.68. The predicted octanol–water partition coefficient (Wildman–Crippen LogP) is 0.324. The number of hydrogen-bond acceptors (Lipinski definition) is 3. The fourth-order valence-electron chi connectivity index (χ4n) is 2.75. The number of aliphatic hydroxyl groups is 1. The fraction of sp³-hybridized carbons (Fsp3) is 0.429. The summed E-state index contributed by atoms with van der Waals surface area (Å²) in [5.41, 5.74) is 2.48.